The molecule has 0 aliphatic heterocycles. The number of nitrogens with one attached hydrogen (secondary N) is 1. The highest BCUT2D eigenvalue weighted by atomic mass is 35.5. The van der Waals surface area contributed by atoms with Gasteiger partial charge in [-0.2, -0.15) is 0 Å². The maximum absolute atomic E-state index is 12.2. The first-order valence-corrected chi connectivity index (χ1v) is 6.75. The van der Waals surface area contributed by atoms with Gasteiger partial charge >= 0.3 is 0 Å². The topological polar surface area (TPSA) is 49.3 Å². The van der Waals surface area contributed by atoms with E-state index in [0.717, 1.165) is 5.56 Å². The number of anilines is 1. The summed E-state index contributed by atoms with van der Waals surface area (Å²) in [7, 11) is 0. The minimum Gasteiger partial charge on any atom is -0.384 e. The van der Waals surface area contributed by atoms with E-state index in [0.29, 0.717) is 21.8 Å². The fraction of sp³-hybridized carbons (Fsp3) is 0.118. The predicted molar refractivity (Wildman–Crippen MR) is 84.5 cm³/mol. The molecule has 106 valence electrons. The van der Waals surface area contributed by atoms with Gasteiger partial charge in [0.05, 0.1) is 5.69 Å². The maximum Gasteiger partial charge on any atom is 0.255 e. The van der Waals surface area contributed by atoms with Crippen LogP contribution in [0.15, 0.2) is 42.5 Å². The molecule has 0 saturated carbocycles. The Labute approximate surface area is 128 Å². The first-order chi connectivity index (χ1) is 10.1. The molecule has 0 bridgehead atoms. The summed E-state index contributed by atoms with van der Waals surface area (Å²) in [5.74, 6) is 5.19. The fourth-order valence-corrected chi connectivity index (χ4v) is 1.93. The first kappa shape index (κ1) is 15.1. The number of halogens is 1. The summed E-state index contributed by atoms with van der Waals surface area (Å²) in [5.41, 5.74) is 2.83. The number of rotatable bonds is 2. The van der Waals surface area contributed by atoms with Gasteiger partial charge in [-0.25, -0.2) is 0 Å². The van der Waals surface area contributed by atoms with Crippen molar-refractivity contribution in [1.29, 1.82) is 0 Å². The molecular formula is C17H14ClNO2. The van der Waals surface area contributed by atoms with Crippen LogP contribution in [0.5, 0.6) is 0 Å². The molecule has 0 fully saturated rings. The second kappa shape index (κ2) is 6.94. The van der Waals surface area contributed by atoms with Crippen LogP contribution in [-0.2, 0) is 0 Å². The molecule has 2 rings (SSSR count). The number of carbonyl (C=O) groups is 1. The third kappa shape index (κ3) is 4.09. The van der Waals surface area contributed by atoms with E-state index in [1.165, 1.54) is 0 Å². The average molecular weight is 300 g/mol. The Bertz CT molecular complexity index is 712. The molecule has 0 aromatic heterocycles. The lowest BCUT2D eigenvalue weighted by Crippen LogP contribution is -2.12. The van der Waals surface area contributed by atoms with E-state index in [2.05, 4.69) is 17.2 Å². The van der Waals surface area contributed by atoms with E-state index in [9.17, 15) is 4.79 Å². The van der Waals surface area contributed by atoms with Gasteiger partial charge in [-0.15, -0.1) is 0 Å². The highest BCUT2D eigenvalue weighted by molar-refractivity contribution is 6.30. The van der Waals surface area contributed by atoms with Gasteiger partial charge in [0, 0.05) is 16.1 Å². The lowest BCUT2D eigenvalue weighted by Gasteiger charge is -2.08. The van der Waals surface area contributed by atoms with Gasteiger partial charge < -0.3 is 10.4 Å². The van der Waals surface area contributed by atoms with Crippen LogP contribution >= 0.6 is 11.6 Å². The van der Waals surface area contributed by atoms with E-state index < -0.39 is 0 Å². The Morgan fingerprint density at radius 1 is 1.24 bits per heavy atom. The normalized spacial score (nSPS) is 9.67. The zero-order valence-corrected chi connectivity index (χ0v) is 12.2. The highest BCUT2D eigenvalue weighted by Gasteiger charge is 2.08. The number of amides is 1. The molecule has 3 nitrogen and oxygen atoms in total. The number of hydrogen-bond donors (Lipinski definition) is 2. The van der Waals surface area contributed by atoms with Gasteiger partial charge in [-0.05, 0) is 48.9 Å². The Hall–Kier alpha value is -2.28. The fourth-order valence-electron chi connectivity index (χ4n) is 1.80. The van der Waals surface area contributed by atoms with E-state index in [-0.39, 0.29) is 12.5 Å². The quantitative estimate of drug-likeness (QED) is 0.836. The van der Waals surface area contributed by atoms with Gasteiger partial charge in [0.1, 0.15) is 6.61 Å². The molecular weight excluding hydrogens is 286 g/mol. The van der Waals surface area contributed by atoms with Crippen molar-refractivity contribution in [3.63, 3.8) is 0 Å². The van der Waals surface area contributed by atoms with Crippen molar-refractivity contribution in [1.82, 2.24) is 0 Å². The van der Waals surface area contributed by atoms with Crippen molar-refractivity contribution in [2.24, 2.45) is 0 Å². The maximum atomic E-state index is 12.2. The Morgan fingerprint density at radius 2 is 1.95 bits per heavy atom. The molecule has 21 heavy (non-hydrogen) atoms. The number of aliphatic hydroxyl groups excluding tert-OH is 1. The molecule has 0 heterocycles. The Kier molecular flexibility index (Phi) is 4.99. The van der Waals surface area contributed by atoms with Gasteiger partial charge in [0.2, 0.25) is 0 Å². The summed E-state index contributed by atoms with van der Waals surface area (Å²) in [4.78, 5) is 12.2. The molecule has 0 saturated heterocycles. The van der Waals surface area contributed by atoms with Crippen LogP contribution in [-0.4, -0.2) is 17.6 Å². The van der Waals surface area contributed by atoms with E-state index in [4.69, 9.17) is 16.7 Å². The largest absolute Gasteiger partial charge is 0.384 e. The van der Waals surface area contributed by atoms with Gasteiger partial charge in [-0.1, -0.05) is 29.5 Å². The summed E-state index contributed by atoms with van der Waals surface area (Å²) in [6, 6.07) is 12.2. The number of aliphatic hydroxyl groups is 1. The molecule has 0 unspecified atom stereocenters. The lowest BCUT2D eigenvalue weighted by atomic mass is 10.1. The van der Waals surface area contributed by atoms with Gasteiger partial charge in [0.25, 0.3) is 5.91 Å². The van der Waals surface area contributed by atoms with Crippen molar-refractivity contribution in [2.75, 3.05) is 11.9 Å². The minimum absolute atomic E-state index is 0.224. The SMILES string of the molecule is Cc1ccc(NC(=O)c2ccc(Cl)cc2)c(C#CCO)c1. The molecule has 1 amide bonds. The smallest absolute Gasteiger partial charge is 0.255 e. The monoisotopic (exact) mass is 299 g/mol. The standard InChI is InChI=1S/C17H14ClNO2/c1-12-4-9-16(14(11-12)3-2-10-20)19-17(21)13-5-7-15(18)8-6-13/h4-9,11,20H,10H2,1H3,(H,19,21). The molecule has 2 N–H and O–H groups in total. The van der Waals surface area contributed by atoms with Crippen molar-refractivity contribution >= 4 is 23.2 Å². The van der Waals surface area contributed by atoms with Crippen molar-refractivity contribution in [2.45, 2.75) is 6.92 Å². The predicted octanol–water partition coefficient (Wildman–Crippen LogP) is 3.24. The van der Waals surface area contributed by atoms with E-state index in [1.807, 2.05) is 19.1 Å². The number of aryl methyl sites for hydroxylation is 1. The lowest BCUT2D eigenvalue weighted by molar-refractivity contribution is 0.102. The first-order valence-electron chi connectivity index (χ1n) is 6.37. The summed E-state index contributed by atoms with van der Waals surface area (Å²) in [6.07, 6.45) is 0. The van der Waals surface area contributed by atoms with Gasteiger partial charge in [0.15, 0.2) is 0 Å². The van der Waals surface area contributed by atoms with Crippen LogP contribution < -0.4 is 5.32 Å². The Balaban J connectivity index is 2.26. The van der Waals surface area contributed by atoms with Crippen LogP contribution in [0.25, 0.3) is 0 Å². The average Bonchev–Trinajstić information content (AvgIpc) is 2.48. The van der Waals surface area contributed by atoms with Crippen LogP contribution in [0.2, 0.25) is 5.02 Å². The summed E-state index contributed by atoms with van der Waals surface area (Å²) < 4.78 is 0. The summed E-state index contributed by atoms with van der Waals surface area (Å²) in [6.45, 7) is 1.72. The number of hydrogen-bond acceptors (Lipinski definition) is 2. The second-order valence-corrected chi connectivity index (χ2v) is 4.91. The van der Waals surface area contributed by atoms with E-state index >= 15 is 0 Å². The van der Waals surface area contributed by atoms with Crippen LogP contribution in [0.4, 0.5) is 5.69 Å². The molecule has 2 aromatic rings. The third-order valence-corrected chi connectivity index (χ3v) is 3.08. The van der Waals surface area contributed by atoms with Crippen LogP contribution in [0.1, 0.15) is 21.5 Å². The summed E-state index contributed by atoms with van der Waals surface area (Å²) >= 11 is 5.80. The molecule has 0 aliphatic rings. The second-order valence-electron chi connectivity index (χ2n) is 4.47. The molecule has 0 spiro atoms. The van der Waals surface area contributed by atoms with Gasteiger partial charge in [-0.3, -0.25) is 4.79 Å². The molecule has 0 radical (unpaired) electrons. The summed E-state index contributed by atoms with van der Waals surface area (Å²) in [5, 5.41) is 12.2. The molecule has 2 aromatic carbocycles. The zero-order chi connectivity index (χ0) is 15.2. The van der Waals surface area contributed by atoms with Crippen LogP contribution in [0.3, 0.4) is 0 Å². The van der Waals surface area contributed by atoms with Crippen molar-refractivity contribution in [3.8, 4) is 11.8 Å². The minimum atomic E-state index is -0.234. The molecule has 0 atom stereocenters. The highest BCUT2D eigenvalue weighted by Crippen LogP contribution is 2.18. The van der Waals surface area contributed by atoms with E-state index in [1.54, 1.807) is 30.3 Å². The molecule has 0 aliphatic carbocycles. The number of carbonyl (C=O) groups excluding carboxylic acids is 1. The third-order valence-electron chi connectivity index (χ3n) is 2.83. The van der Waals surface area contributed by atoms with Crippen molar-refractivity contribution < 1.29 is 9.90 Å². The number of benzene rings is 2. The van der Waals surface area contributed by atoms with Crippen molar-refractivity contribution in [3.05, 3.63) is 64.2 Å². The van der Waals surface area contributed by atoms with Crippen LogP contribution in [0, 0.1) is 18.8 Å². The Morgan fingerprint density at radius 3 is 2.62 bits per heavy atom. The zero-order valence-electron chi connectivity index (χ0n) is 11.5. The molecule has 4 heteroatoms.